The van der Waals surface area contributed by atoms with E-state index in [4.69, 9.17) is 29.9 Å². The number of nitrogen functional groups attached to an aromatic ring is 1. The van der Waals surface area contributed by atoms with E-state index in [1.165, 1.54) is 0 Å². The molecule has 3 N–H and O–H groups in total. The van der Waals surface area contributed by atoms with E-state index in [2.05, 4.69) is 33.9 Å². The highest BCUT2D eigenvalue weighted by Crippen LogP contribution is 2.35. The fourth-order valence-corrected chi connectivity index (χ4v) is 5.10. The SMILES string of the molecule is CC1COCCN1c1cc(-c2cnc(N)c(Oc3cnn(C4CCN(C)CC4)c3)n2)cc(C2(O)COC2)n1. The Hall–Kier alpha value is -3.32. The monoisotopic (exact) mass is 522 g/mol. The summed E-state index contributed by atoms with van der Waals surface area (Å²) in [6, 6.07) is 4.27. The Labute approximate surface area is 221 Å². The third-order valence-electron chi connectivity index (χ3n) is 7.55. The lowest BCUT2D eigenvalue weighted by Crippen LogP contribution is -2.48. The van der Waals surface area contributed by atoms with Gasteiger partial charge in [-0.2, -0.15) is 5.10 Å². The second-order valence-corrected chi connectivity index (χ2v) is 10.5. The highest BCUT2D eigenvalue weighted by Gasteiger charge is 2.40. The standard InChI is InChI=1S/C26H34N8O4/c1-17-14-36-8-7-33(17)23-10-18(9-22(31-23)26(35)15-37-16-26)21-12-28-24(27)25(30-21)38-20-11-29-34(13-20)19-3-5-32(2)6-4-19/h9-13,17,19,35H,3-8,14-16H2,1-2H3,(H2,27,28). The van der Waals surface area contributed by atoms with E-state index in [1.807, 2.05) is 23.0 Å². The quantitative estimate of drug-likeness (QED) is 0.490. The minimum Gasteiger partial charge on any atom is -0.433 e. The van der Waals surface area contributed by atoms with Crippen LogP contribution in [0.5, 0.6) is 11.6 Å². The minimum absolute atomic E-state index is 0.143. The van der Waals surface area contributed by atoms with Crippen molar-refractivity contribution in [3.8, 4) is 22.9 Å². The zero-order valence-electron chi connectivity index (χ0n) is 21.8. The largest absolute Gasteiger partial charge is 0.433 e. The molecule has 0 amide bonds. The highest BCUT2D eigenvalue weighted by molar-refractivity contribution is 5.66. The number of likely N-dealkylation sites (tertiary alicyclic amines) is 1. The summed E-state index contributed by atoms with van der Waals surface area (Å²) in [4.78, 5) is 18.4. The molecular weight excluding hydrogens is 488 g/mol. The van der Waals surface area contributed by atoms with E-state index in [9.17, 15) is 5.11 Å². The van der Waals surface area contributed by atoms with Gasteiger partial charge in [0.1, 0.15) is 5.82 Å². The van der Waals surface area contributed by atoms with E-state index in [1.54, 1.807) is 12.4 Å². The third-order valence-corrected chi connectivity index (χ3v) is 7.55. The molecule has 3 aliphatic heterocycles. The summed E-state index contributed by atoms with van der Waals surface area (Å²) in [5.74, 6) is 1.69. The number of anilines is 2. The number of pyridine rings is 1. The van der Waals surface area contributed by atoms with Gasteiger partial charge in [-0.1, -0.05) is 0 Å². The first-order valence-corrected chi connectivity index (χ1v) is 13.1. The number of nitrogens with two attached hydrogens (primary N) is 1. The third kappa shape index (κ3) is 4.92. The predicted octanol–water partition coefficient (Wildman–Crippen LogP) is 1.82. The molecule has 3 fully saturated rings. The lowest BCUT2D eigenvalue weighted by molar-refractivity contribution is -0.186. The fraction of sp³-hybridized carbons (Fsp3) is 0.538. The number of aromatic nitrogens is 5. The van der Waals surface area contributed by atoms with Crippen molar-refractivity contribution < 1.29 is 19.3 Å². The van der Waals surface area contributed by atoms with Crippen LogP contribution >= 0.6 is 0 Å². The molecular formula is C26H34N8O4. The molecule has 0 aromatic carbocycles. The zero-order chi connectivity index (χ0) is 26.3. The molecule has 3 aromatic rings. The van der Waals surface area contributed by atoms with Gasteiger partial charge in [0.2, 0.25) is 0 Å². The van der Waals surface area contributed by atoms with Crippen molar-refractivity contribution in [1.29, 1.82) is 0 Å². The lowest BCUT2D eigenvalue weighted by atomic mass is 9.95. The van der Waals surface area contributed by atoms with Crippen molar-refractivity contribution in [3.63, 3.8) is 0 Å². The fourth-order valence-electron chi connectivity index (χ4n) is 5.10. The van der Waals surface area contributed by atoms with Crippen molar-refractivity contribution in [2.45, 2.75) is 37.5 Å². The number of morpholine rings is 1. The molecule has 0 aliphatic carbocycles. The minimum atomic E-state index is -1.14. The van der Waals surface area contributed by atoms with Gasteiger partial charge in [0.15, 0.2) is 17.2 Å². The van der Waals surface area contributed by atoms with E-state index in [0.29, 0.717) is 42.9 Å². The van der Waals surface area contributed by atoms with Gasteiger partial charge in [-0.25, -0.2) is 15.0 Å². The molecule has 12 heteroatoms. The Morgan fingerprint density at radius 3 is 2.66 bits per heavy atom. The van der Waals surface area contributed by atoms with Crippen molar-refractivity contribution in [3.05, 3.63) is 36.4 Å². The van der Waals surface area contributed by atoms with E-state index in [-0.39, 0.29) is 31.0 Å². The van der Waals surface area contributed by atoms with Crippen molar-refractivity contribution in [1.82, 2.24) is 29.6 Å². The summed E-state index contributed by atoms with van der Waals surface area (Å²) in [5, 5.41) is 15.6. The zero-order valence-corrected chi connectivity index (χ0v) is 21.8. The van der Waals surface area contributed by atoms with Gasteiger partial charge in [0.05, 0.1) is 68.5 Å². The van der Waals surface area contributed by atoms with Crippen molar-refractivity contribution in [2.75, 3.05) is 63.7 Å². The second kappa shape index (κ2) is 10.1. The molecule has 0 radical (unpaired) electrons. The van der Waals surface area contributed by atoms with Crippen molar-refractivity contribution >= 4 is 11.6 Å². The van der Waals surface area contributed by atoms with Crippen molar-refractivity contribution in [2.24, 2.45) is 0 Å². The molecule has 6 rings (SSSR count). The van der Waals surface area contributed by atoms with Gasteiger partial charge in [-0.3, -0.25) is 4.68 Å². The number of hydrogen-bond donors (Lipinski definition) is 2. The molecule has 202 valence electrons. The molecule has 0 spiro atoms. The normalized spacial score (nSPS) is 22.3. The van der Waals surface area contributed by atoms with Crippen LogP contribution in [-0.2, 0) is 15.1 Å². The molecule has 3 aliphatic rings. The summed E-state index contributed by atoms with van der Waals surface area (Å²) in [6.07, 6.45) is 7.26. The molecule has 1 unspecified atom stereocenters. The summed E-state index contributed by atoms with van der Waals surface area (Å²) < 4.78 is 18.9. The first-order valence-electron chi connectivity index (χ1n) is 13.1. The highest BCUT2D eigenvalue weighted by atomic mass is 16.5. The Morgan fingerprint density at radius 1 is 1.11 bits per heavy atom. The summed E-state index contributed by atoms with van der Waals surface area (Å²) in [5.41, 5.74) is 6.87. The Morgan fingerprint density at radius 2 is 1.92 bits per heavy atom. The summed E-state index contributed by atoms with van der Waals surface area (Å²) in [7, 11) is 2.14. The number of nitrogens with zero attached hydrogens (tertiary/aromatic N) is 7. The maximum Gasteiger partial charge on any atom is 0.263 e. The summed E-state index contributed by atoms with van der Waals surface area (Å²) in [6.45, 7) is 6.51. The second-order valence-electron chi connectivity index (χ2n) is 10.5. The molecule has 6 heterocycles. The Balaban J connectivity index is 1.29. The average molecular weight is 523 g/mol. The van der Waals surface area contributed by atoms with Crippen LogP contribution in [0.2, 0.25) is 0 Å². The van der Waals surface area contributed by atoms with Crippen LogP contribution in [0.3, 0.4) is 0 Å². The van der Waals surface area contributed by atoms with Crippen LogP contribution in [0.1, 0.15) is 31.5 Å². The van der Waals surface area contributed by atoms with E-state index in [0.717, 1.165) is 37.3 Å². The number of aliphatic hydroxyl groups is 1. The molecule has 0 bridgehead atoms. The smallest absolute Gasteiger partial charge is 0.263 e. The van der Waals surface area contributed by atoms with E-state index < -0.39 is 5.60 Å². The Kier molecular flexibility index (Phi) is 6.64. The predicted molar refractivity (Wildman–Crippen MR) is 140 cm³/mol. The van der Waals surface area contributed by atoms with Crippen LogP contribution in [0.15, 0.2) is 30.7 Å². The maximum atomic E-state index is 11.0. The molecule has 12 nitrogen and oxygen atoms in total. The first-order chi connectivity index (χ1) is 18.4. The molecule has 3 saturated heterocycles. The van der Waals surface area contributed by atoms with Crippen LogP contribution in [0, 0.1) is 0 Å². The van der Waals surface area contributed by atoms with Gasteiger partial charge < -0.3 is 34.9 Å². The molecule has 3 aromatic heterocycles. The average Bonchev–Trinajstić information content (AvgIpc) is 3.37. The first kappa shape index (κ1) is 25.0. The lowest BCUT2D eigenvalue weighted by Gasteiger charge is -2.38. The van der Waals surface area contributed by atoms with Gasteiger partial charge in [-0.05, 0) is 52.0 Å². The van der Waals surface area contributed by atoms with Crippen LogP contribution in [0.25, 0.3) is 11.3 Å². The molecule has 1 atom stereocenters. The number of piperidine rings is 1. The van der Waals surface area contributed by atoms with E-state index >= 15 is 0 Å². The van der Waals surface area contributed by atoms with Crippen LogP contribution < -0.4 is 15.4 Å². The summed E-state index contributed by atoms with van der Waals surface area (Å²) >= 11 is 0. The van der Waals surface area contributed by atoms with Crippen LogP contribution in [-0.4, -0.2) is 93.9 Å². The topological polar surface area (TPSA) is 137 Å². The maximum absolute atomic E-state index is 11.0. The number of hydrogen-bond acceptors (Lipinski definition) is 11. The van der Waals surface area contributed by atoms with Gasteiger partial charge in [0, 0.05) is 12.1 Å². The van der Waals surface area contributed by atoms with Gasteiger partial charge in [-0.15, -0.1) is 0 Å². The number of ether oxygens (including phenoxy) is 3. The molecule has 0 saturated carbocycles. The Bertz CT molecular complexity index is 1290. The number of rotatable bonds is 6. The van der Waals surface area contributed by atoms with Gasteiger partial charge in [0.25, 0.3) is 5.88 Å². The molecule has 38 heavy (non-hydrogen) atoms. The van der Waals surface area contributed by atoms with Crippen LogP contribution in [0.4, 0.5) is 11.6 Å². The van der Waals surface area contributed by atoms with Gasteiger partial charge >= 0.3 is 0 Å².